The van der Waals surface area contributed by atoms with E-state index in [0.29, 0.717) is 52.6 Å². The van der Waals surface area contributed by atoms with Crippen LogP contribution in [0.2, 0.25) is 5.02 Å². The summed E-state index contributed by atoms with van der Waals surface area (Å²) in [6.07, 6.45) is 4.57. The second-order valence-electron chi connectivity index (χ2n) is 12.0. The number of ether oxygens (including phenoxy) is 3. The number of carbonyl (C=O) groups excluding carboxylic acids is 2. The molecule has 1 aliphatic heterocycles. The molecule has 3 atom stereocenters. The number of carboxylic acids is 1. The Bertz CT molecular complexity index is 1860. The number of carbonyl (C=O) groups is 3. The fourth-order valence-electron chi connectivity index (χ4n) is 6.23. The number of aliphatic carboxylic acids is 1. The first-order valence-corrected chi connectivity index (χ1v) is 16.2. The fourth-order valence-corrected chi connectivity index (χ4v) is 6.39. The number of methoxy groups -OCH3 is 1. The van der Waals surface area contributed by atoms with E-state index in [1.165, 1.54) is 0 Å². The molecule has 11 nitrogen and oxygen atoms in total. The zero-order chi connectivity index (χ0) is 33.9. The lowest BCUT2D eigenvalue weighted by molar-refractivity contribution is -0.139. The van der Waals surface area contributed by atoms with Crippen molar-refractivity contribution < 1.29 is 33.7 Å². The van der Waals surface area contributed by atoms with E-state index in [4.69, 9.17) is 25.8 Å². The molecule has 3 aromatic carbocycles. The van der Waals surface area contributed by atoms with Gasteiger partial charge in [-0.1, -0.05) is 36.7 Å². The Morgan fingerprint density at radius 3 is 2.69 bits per heavy atom. The quantitative estimate of drug-likeness (QED) is 0.168. The van der Waals surface area contributed by atoms with Gasteiger partial charge in [0.2, 0.25) is 0 Å². The lowest BCUT2D eigenvalue weighted by Crippen LogP contribution is -2.40. The van der Waals surface area contributed by atoms with Gasteiger partial charge in [-0.2, -0.15) is 5.10 Å². The van der Waals surface area contributed by atoms with Gasteiger partial charge in [-0.15, -0.1) is 0 Å². The zero-order valence-electron chi connectivity index (χ0n) is 26.9. The molecule has 2 aliphatic rings. The highest BCUT2D eigenvalue weighted by Gasteiger charge is 2.48. The van der Waals surface area contributed by atoms with Crippen LogP contribution < -0.4 is 19.7 Å². The van der Waals surface area contributed by atoms with Crippen molar-refractivity contribution in [3.05, 3.63) is 94.3 Å². The Labute approximate surface area is 283 Å². The van der Waals surface area contributed by atoms with Crippen LogP contribution >= 0.6 is 11.6 Å². The maximum absolute atomic E-state index is 13.3. The summed E-state index contributed by atoms with van der Waals surface area (Å²) < 4.78 is 18.8. The molecule has 0 radical (unpaired) electrons. The number of nitrogens with zero attached hydrogens (tertiary/aromatic N) is 3. The maximum Gasteiger partial charge on any atom is 0.414 e. The SMILES string of the molecule is CC[C@H](NC(=O)c1ccc(OC)c(Cn2cc(-c3cccc4c3[C@H]3C[C@H]3CN4C(=O)OCCOc3cccc(Cl)c3C)cn2)c1)C(=O)O. The molecular weight excluding hydrogens is 636 g/mol. The molecule has 4 aromatic rings. The molecule has 48 heavy (non-hydrogen) atoms. The molecule has 1 fully saturated rings. The topological polar surface area (TPSA) is 132 Å². The molecule has 0 bridgehead atoms. The van der Waals surface area contributed by atoms with Gasteiger partial charge in [0.05, 0.1) is 25.5 Å². The molecule has 6 rings (SSSR count). The molecule has 0 spiro atoms. The molecule has 2 heterocycles. The Balaban J connectivity index is 1.16. The van der Waals surface area contributed by atoms with Gasteiger partial charge in [0.15, 0.2) is 0 Å². The Kier molecular flexibility index (Phi) is 9.58. The number of benzene rings is 3. The number of carboxylic acid groups (broad SMARTS) is 1. The van der Waals surface area contributed by atoms with Crippen molar-refractivity contribution in [2.45, 2.75) is 45.2 Å². The molecule has 1 saturated carbocycles. The lowest BCUT2D eigenvalue weighted by atomic mass is 9.93. The van der Waals surface area contributed by atoms with Crippen LogP contribution in [0.25, 0.3) is 11.1 Å². The Morgan fingerprint density at radius 1 is 1.10 bits per heavy atom. The van der Waals surface area contributed by atoms with E-state index in [1.54, 1.807) is 54.1 Å². The van der Waals surface area contributed by atoms with Crippen molar-refractivity contribution >= 4 is 35.3 Å². The van der Waals surface area contributed by atoms with Crippen LogP contribution in [0.5, 0.6) is 11.5 Å². The van der Waals surface area contributed by atoms with Crippen LogP contribution in [0.1, 0.15) is 52.7 Å². The number of hydrogen-bond acceptors (Lipinski definition) is 7. The molecule has 12 heteroatoms. The largest absolute Gasteiger partial charge is 0.496 e. The van der Waals surface area contributed by atoms with Gasteiger partial charge in [-0.05, 0) is 79.1 Å². The second-order valence-corrected chi connectivity index (χ2v) is 12.4. The monoisotopic (exact) mass is 672 g/mol. The fraction of sp³-hybridized carbons (Fsp3) is 0.333. The van der Waals surface area contributed by atoms with Crippen molar-refractivity contribution in [1.82, 2.24) is 15.1 Å². The first-order chi connectivity index (χ1) is 23.2. The summed E-state index contributed by atoms with van der Waals surface area (Å²) >= 11 is 6.18. The summed E-state index contributed by atoms with van der Waals surface area (Å²) in [5.74, 6) is 0.387. The first kappa shape index (κ1) is 32.9. The van der Waals surface area contributed by atoms with Gasteiger partial charge >= 0.3 is 12.1 Å². The van der Waals surface area contributed by atoms with E-state index in [0.717, 1.165) is 34.4 Å². The molecule has 1 aromatic heterocycles. The average molecular weight is 673 g/mol. The van der Waals surface area contributed by atoms with Crippen molar-refractivity contribution in [3.8, 4) is 22.6 Å². The summed E-state index contributed by atoms with van der Waals surface area (Å²) in [5, 5.41) is 17.1. The van der Waals surface area contributed by atoms with Gasteiger partial charge in [0.1, 0.15) is 30.8 Å². The minimum absolute atomic E-state index is 0.0994. The molecule has 2 amide bonds. The normalized spacial score (nSPS) is 16.7. The van der Waals surface area contributed by atoms with Gasteiger partial charge in [-0.25, -0.2) is 9.59 Å². The highest BCUT2D eigenvalue weighted by atomic mass is 35.5. The van der Waals surface area contributed by atoms with E-state index in [-0.39, 0.29) is 19.6 Å². The van der Waals surface area contributed by atoms with E-state index < -0.39 is 24.0 Å². The number of hydrogen-bond donors (Lipinski definition) is 2. The number of fused-ring (bicyclic) bond motifs is 3. The number of rotatable bonds is 12. The molecule has 0 unspecified atom stereocenters. The summed E-state index contributed by atoms with van der Waals surface area (Å²) in [6, 6.07) is 15.4. The summed E-state index contributed by atoms with van der Waals surface area (Å²) in [5.41, 5.74) is 5.72. The first-order valence-electron chi connectivity index (χ1n) is 15.9. The smallest absolute Gasteiger partial charge is 0.414 e. The van der Waals surface area contributed by atoms with Crippen LogP contribution in [-0.4, -0.2) is 65.8 Å². The standard InChI is InChI=1S/C36H37ClN4O7/c1-4-29(35(43)44)39-34(42)22-11-12-32(46-3)24(15-22)18-40-19-25(17-38-40)26-7-5-9-30-33(26)27-16-23(27)20-41(30)36(45)48-14-13-47-31-10-6-8-28(37)21(31)2/h5-12,15,17,19,23,27,29H,4,13-14,16,18,20H2,1-3H3,(H,39,42)(H,43,44)/t23-,27-,29-/m0/s1. The van der Waals surface area contributed by atoms with E-state index >= 15 is 0 Å². The summed E-state index contributed by atoms with van der Waals surface area (Å²) in [6.45, 7) is 4.80. The maximum atomic E-state index is 13.3. The predicted octanol–water partition coefficient (Wildman–Crippen LogP) is 6.30. The van der Waals surface area contributed by atoms with E-state index in [2.05, 4.69) is 10.4 Å². The molecular formula is C36H37ClN4O7. The van der Waals surface area contributed by atoms with Crippen LogP contribution in [0.15, 0.2) is 67.0 Å². The highest BCUT2D eigenvalue weighted by molar-refractivity contribution is 6.31. The van der Waals surface area contributed by atoms with Crippen molar-refractivity contribution in [3.63, 3.8) is 0 Å². The summed E-state index contributed by atoms with van der Waals surface area (Å²) in [4.78, 5) is 39.3. The van der Waals surface area contributed by atoms with Crippen molar-refractivity contribution in [1.29, 1.82) is 0 Å². The second kappa shape index (κ2) is 14.0. The average Bonchev–Trinajstić information content (AvgIpc) is 3.74. The minimum Gasteiger partial charge on any atom is -0.496 e. The number of aromatic nitrogens is 2. The summed E-state index contributed by atoms with van der Waals surface area (Å²) in [7, 11) is 1.55. The minimum atomic E-state index is -1.08. The molecule has 2 N–H and O–H groups in total. The number of amides is 2. The van der Waals surface area contributed by atoms with Gasteiger partial charge in [0, 0.05) is 40.0 Å². The molecule has 1 aliphatic carbocycles. The third-order valence-electron chi connectivity index (χ3n) is 8.92. The van der Waals surface area contributed by atoms with Crippen LogP contribution in [0.3, 0.4) is 0 Å². The van der Waals surface area contributed by atoms with E-state index in [9.17, 15) is 19.5 Å². The Hall–Kier alpha value is -5.03. The number of nitrogens with one attached hydrogen (secondary N) is 1. The van der Waals surface area contributed by atoms with Crippen molar-refractivity contribution in [2.24, 2.45) is 5.92 Å². The molecule has 250 valence electrons. The van der Waals surface area contributed by atoms with Gasteiger partial charge in [-0.3, -0.25) is 14.4 Å². The lowest BCUT2D eigenvalue weighted by Gasteiger charge is -2.29. The van der Waals surface area contributed by atoms with Gasteiger partial charge in [0.25, 0.3) is 5.91 Å². The predicted molar refractivity (Wildman–Crippen MR) is 180 cm³/mol. The number of anilines is 1. The van der Waals surface area contributed by atoms with Gasteiger partial charge < -0.3 is 24.6 Å². The third-order valence-corrected chi connectivity index (χ3v) is 9.33. The Morgan fingerprint density at radius 2 is 1.92 bits per heavy atom. The zero-order valence-corrected chi connectivity index (χ0v) is 27.7. The molecule has 0 saturated heterocycles. The third kappa shape index (κ3) is 6.82. The highest BCUT2D eigenvalue weighted by Crippen LogP contribution is 2.57. The van der Waals surface area contributed by atoms with E-state index in [1.807, 2.05) is 43.5 Å². The van der Waals surface area contributed by atoms with Crippen LogP contribution in [0.4, 0.5) is 10.5 Å². The van der Waals surface area contributed by atoms with Crippen LogP contribution in [-0.2, 0) is 16.1 Å². The number of halogens is 1. The van der Waals surface area contributed by atoms with Crippen LogP contribution in [0, 0.1) is 12.8 Å². The van der Waals surface area contributed by atoms with Crippen molar-refractivity contribution in [2.75, 3.05) is 31.8 Å².